The minimum Gasteiger partial charge on any atom is -0.330 e. The maximum Gasteiger partial charge on any atom is 0.00488 e. The molecule has 44 valence electrons. The van der Waals surface area contributed by atoms with Crippen LogP contribution in [0, 0.1) is 0 Å². The molecule has 0 aliphatic heterocycles. The molecule has 0 saturated heterocycles. The molecule has 0 saturated carbocycles. The first-order valence-electron chi connectivity index (χ1n) is 2.27. The van der Waals surface area contributed by atoms with Crippen molar-refractivity contribution in [1.29, 1.82) is 0 Å². The zero-order valence-electron chi connectivity index (χ0n) is 4.52. The van der Waals surface area contributed by atoms with Gasteiger partial charge in [-0.05, 0) is 19.2 Å². The Bertz CT molecular complexity index is 28.9. The van der Waals surface area contributed by atoms with Gasteiger partial charge in [-0.25, -0.2) is 0 Å². The molecule has 0 spiro atoms. The molecule has 0 aliphatic rings. The summed E-state index contributed by atoms with van der Waals surface area (Å²) in [5.41, 5.74) is 5.25. The highest BCUT2D eigenvalue weighted by Crippen LogP contribution is 2.16. The molecule has 0 unspecified atom stereocenters. The third-order valence-corrected chi connectivity index (χ3v) is 2.45. The highest BCUT2D eigenvalue weighted by atomic mass is 33.1. The third-order valence-electron chi connectivity index (χ3n) is 0.550. The number of hydrogen-bond donors (Lipinski definition) is 1. The highest BCUT2D eigenvalue weighted by molar-refractivity contribution is 8.76. The Morgan fingerprint density at radius 2 is 2.29 bits per heavy atom. The molecule has 3 heteroatoms. The molecule has 2 N–H and O–H groups in total. The van der Waals surface area contributed by atoms with Crippen LogP contribution in [0.15, 0.2) is 0 Å². The second kappa shape index (κ2) is 6.66. The van der Waals surface area contributed by atoms with E-state index in [1.165, 1.54) is 5.75 Å². The van der Waals surface area contributed by atoms with E-state index in [0.717, 1.165) is 13.0 Å². The Morgan fingerprint density at radius 3 is 2.71 bits per heavy atom. The van der Waals surface area contributed by atoms with Crippen LogP contribution in [0.3, 0.4) is 0 Å². The van der Waals surface area contributed by atoms with Gasteiger partial charge in [0.15, 0.2) is 0 Å². The topological polar surface area (TPSA) is 26.0 Å². The fourth-order valence-electron chi connectivity index (χ4n) is 0.226. The van der Waals surface area contributed by atoms with Crippen molar-refractivity contribution in [2.75, 3.05) is 18.6 Å². The molecule has 0 aliphatic carbocycles. The quantitative estimate of drug-likeness (QED) is 0.468. The fraction of sp³-hybridized carbons (Fsp3) is 1.00. The van der Waals surface area contributed by atoms with E-state index in [0.29, 0.717) is 0 Å². The summed E-state index contributed by atoms with van der Waals surface area (Å²) in [5.74, 6) is 1.19. The molecule has 1 nitrogen and oxygen atoms in total. The van der Waals surface area contributed by atoms with Crippen molar-refractivity contribution < 1.29 is 0 Å². The predicted molar refractivity (Wildman–Crippen MR) is 39.6 cm³/mol. The molecule has 0 aromatic rings. The highest BCUT2D eigenvalue weighted by Gasteiger charge is 1.80. The molecule has 0 heterocycles. The van der Waals surface area contributed by atoms with E-state index in [2.05, 4.69) is 6.26 Å². The van der Waals surface area contributed by atoms with Crippen LogP contribution in [0.1, 0.15) is 6.42 Å². The lowest BCUT2D eigenvalue weighted by Gasteiger charge is -1.90. The van der Waals surface area contributed by atoms with E-state index in [1.54, 1.807) is 10.8 Å². The normalized spacial score (nSPS) is 9.43. The molecule has 0 aromatic carbocycles. The Kier molecular flexibility index (Phi) is 7.29. The largest absolute Gasteiger partial charge is 0.330 e. The summed E-state index contributed by atoms with van der Waals surface area (Å²) in [6.45, 7) is 0.827. The molecule has 0 aromatic heterocycles. The van der Waals surface area contributed by atoms with Crippen LogP contribution in [0.2, 0.25) is 0 Å². The van der Waals surface area contributed by atoms with E-state index >= 15 is 0 Å². The van der Waals surface area contributed by atoms with Crippen LogP contribution >= 0.6 is 21.6 Å². The Hall–Kier alpha value is 0.660. The summed E-state index contributed by atoms with van der Waals surface area (Å²) in [5, 5.41) is 0. The van der Waals surface area contributed by atoms with Gasteiger partial charge in [0.25, 0.3) is 0 Å². The minimum atomic E-state index is 0.827. The Labute approximate surface area is 52.8 Å². The maximum atomic E-state index is 5.25. The number of rotatable bonds is 4. The van der Waals surface area contributed by atoms with Crippen molar-refractivity contribution in [2.24, 2.45) is 5.73 Å². The molecule has 0 radical (unpaired) electrons. The lowest BCUT2D eigenvalue weighted by Crippen LogP contribution is -1.98. The van der Waals surface area contributed by atoms with Crippen molar-refractivity contribution in [1.82, 2.24) is 0 Å². The average Bonchev–Trinajstić information content (AvgIpc) is 1.69. The van der Waals surface area contributed by atoms with Crippen LogP contribution in [0.5, 0.6) is 0 Å². The summed E-state index contributed by atoms with van der Waals surface area (Å²) >= 11 is 0. The number of nitrogens with two attached hydrogens (primary N) is 1. The van der Waals surface area contributed by atoms with Crippen LogP contribution in [0.25, 0.3) is 0 Å². The first kappa shape index (κ1) is 7.66. The van der Waals surface area contributed by atoms with Crippen molar-refractivity contribution >= 4 is 21.6 Å². The molecular formula is C4H11NS2. The van der Waals surface area contributed by atoms with Gasteiger partial charge in [-0.3, -0.25) is 0 Å². The SMILES string of the molecule is CSSCCCN. The first-order chi connectivity index (χ1) is 3.41. The average molecular weight is 137 g/mol. The second-order valence-electron chi connectivity index (χ2n) is 1.13. The van der Waals surface area contributed by atoms with Gasteiger partial charge in [-0.15, -0.1) is 0 Å². The van der Waals surface area contributed by atoms with Gasteiger partial charge < -0.3 is 5.73 Å². The molecular weight excluding hydrogens is 126 g/mol. The summed E-state index contributed by atoms with van der Waals surface area (Å²) in [4.78, 5) is 0. The van der Waals surface area contributed by atoms with Gasteiger partial charge in [-0.2, -0.15) is 0 Å². The molecule has 0 atom stereocenters. The van der Waals surface area contributed by atoms with Crippen molar-refractivity contribution in [3.05, 3.63) is 0 Å². The third kappa shape index (κ3) is 6.66. The monoisotopic (exact) mass is 137 g/mol. The second-order valence-corrected chi connectivity index (χ2v) is 3.82. The van der Waals surface area contributed by atoms with Crippen molar-refractivity contribution in [3.63, 3.8) is 0 Å². The lowest BCUT2D eigenvalue weighted by atomic mass is 10.5. The zero-order valence-corrected chi connectivity index (χ0v) is 6.15. The van der Waals surface area contributed by atoms with Gasteiger partial charge in [0.05, 0.1) is 0 Å². The van der Waals surface area contributed by atoms with Crippen LogP contribution < -0.4 is 5.73 Å². The van der Waals surface area contributed by atoms with Crippen LogP contribution in [-0.2, 0) is 0 Å². The summed E-state index contributed by atoms with van der Waals surface area (Å²) < 4.78 is 0. The molecule has 0 amide bonds. The predicted octanol–water partition coefficient (Wildman–Crippen LogP) is 1.35. The lowest BCUT2D eigenvalue weighted by molar-refractivity contribution is 0.946. The smallest absolute Gasteiger partial charge is 0.00488 e. The molecule has 0 fully saturated rings. The van der Waals surface area contributed by atoms with E-state index in [-0.39, 0.29) is 0 Å². The Balaban J connectivity index is 2.45. The van der Waals surface area contributed by atoms with E-state index in [1.807, 2.05) is 10.8 Å². The van der Waals surface area contributed by atoms with Gasteiger partial charge in [0, 0.05) is 5.75 Å². The maximum absolute atomic E-state index is 5.25. The van der Waals surface area contributed by atoms with Gasteiger partial charge >= 0.3 is 0 Å². The van der Waals surface area contributed by atoms with Crippen molar-refractivity contribution in [2.45, 2.75) is 6.42 Å². The van der Waals surface area contributed by atoms with Crippen LogP contribution in [0.4, 0.5) is 0 Å². The minimum absolute atomic E-state index is 0.827. The van der Waals surface area contributed by atoms with Gasteiger partial charge in [0.2, 0.25) is 0 Å². The molecule has 0 rings (SSSR count). The van der Waals surface area contributed by atoms with Crippen molar-refractivity contribution in [3.8, 4) is 0 Å². The first-order valence-corrected chi connectivity index (χ1v) is 5.00. The van der Waals surface area contributed by atoms with E-state index < -0.39 is 0 Å². The zero-order chi connectivity index (χ0) is 5.54. The summed E-state index contributed by atoms with van der Waals surface area (Å²) in [6, 6.07) is 0. The van der Waals surface area contributed by atoms with Crippen LogP contribution in [-0.4, -0.2) is 18.6 Å². The van der Waals surface area contributed by atoms with Gasteiger partial charge in [-0.1, -0.05) is 21.6 Å². The van der Waals surface area contributed by atoms with E-state index in [4.69, 9.17) is 5.73 Å². The summed E-state index contributed by atoms with van der Waals surface area (Å²) in [7, 11) is 3.67. The fourth-order valence-corrected chi connectivity index (χ4v) is 1.53. The van der Waals surface area contributed by atoms with Gasteiger partial charge in [0.1, 0.15) is 0 Å². The Morgan fingerprint density at radius 1 is 1.57 bits per heavy atom. The standard InChI is InChI=1S/C4H11NS2/c1-6-7-4-2-3-5/h2-5H2,1H3. The summed E-state index contributed by atoms with van der Waals surface area (Å²) in [6.07, 6.45) is 3.23. The number of hydrogen-bond acceptors (Lipinski definition) is 3. The molecule has 0 bridgehead atoms. The van der Waals surface area contributed by atoms with E-state index in [9.17, 15) is 0 Å². The molecule has 7 heavy (non-hydrogen) atoms.